The summed E-state index contributed by atoms with van der Waals surface area (Å²) in [5.41, 5.74) is 4.72. The molecular formula is C38H40N6O. The highest BCUT2D eigenvalue weighted by atomic mass is 16.5. The second-order valence-corrected chi connectivity index (χ2v) is 11.7. The number of benzene rings is 2. The highest BCUT2D eigenvalue weighted by Crippen LogP contribution is 2.40. The number of nitriles is 3. The largest absolute Gasteiger partial charge is 0.480 e. The van der Waals surface area contributed by atoms with Gasteiger partial charge in [-0.15, -0.1) is 0 Å². The molecule has 2 aromatic carbocycles. The Balaban J connectivity index is 1.39. The first-order valence-electron chi connectivity index (χ1n) is 15.7. The molecule has 0 spiro atoms. The monoisotopic (exact) mass is 596 g/mol. The molecule has 7 heteroatoms. The van der Waals surface area contributed by atoms with E-state index in [1.807, 2.05) is 42.5 Å². The van der Waals surface area contributed by atoms with E-state index in [0.717, 1.165) is 23.2 Å². The lowest BCUT2D eigenvalue weighted by Crippen LogP contribution is -2.21. The zero-order valence-electron chi connectivity index (χ0n) is 26.5. The molecule has 0 aromatic heterocycles. The van der Waals surface area contributed by atoms with Crippen molar-refractivity contribution in [3.05, 3.63) is 107 Å². The SMILES string of the molecule is CCCCCCCCCCN1C=C/C(=C/N=Nc2ccc(/C=C/C3=C(C#N)C(=C(C#N)C#N)OC3(C)C)cc2)c2ccccc21. The van der Waals surface area contributed by atoms with Gasteiger partial charge in [-0.3, -0.25) is 0 Å². The quantitative estimate of drug-likeness (QED) is 0.130. The number of fused-ring (bicyclic) bond motifs is 1. The lowest BCUT2D eigenvalue weighted by molar-refractivity contribution is 0.0954. The smallest absolute Gasteiger partial charge is 0.172 e. The van der Waals surface area contributed by atoms with Gasteiger partial charge in [-0.2, -0.15) is 26.0 Å². The molecule has 228 valence electrons. The van der Waals surface area contributed by atoms with Crippen molar-refractivity contribution >= 4 is 23.0 Å². The molecule has 0 radical (unpaired) electrons. The molecule has 7 nitrogen and oxygen atoms in total. The lowest BCUT2D eigenvalue weighted by atomic mass is 9.94. The number of ether oxygens (including phenoxy) is 1. The van der Waals surface area contributed by atoms with E-state index in [1.165, 1.54) is 57.1 Å². The molecule has 0 saturated heterocycles. The Hall–Kier alpha value is -5.19. The van der Waals surface area contributed by atoms with Crippen LogP contribution in [0.5, 0.6) is 0 Å². The first-order chi connectivity index (χ1) is 21.9. The van der Waals surface area contributed by atoms with Crippen molar-refractivity contribution < 1.29 is 4.74 Å². The Morgan fingerprint density at radius 3 is 2.27 bits per heavy atom. The summed E-state index contributed by atoms with van der Waals surface area (Å²) in [5.74, 6) is 0.0312. The lowest BCUT2D eigenvalue weighted by Gasteiger charge is -2.27. The van der Waals surface area contributed by atoms with Crippen molar-refractivity contribution in [2.45, 2.75) is 77.7 Å². The number of azo groups is 1. The molecule has 2 aliphatic heterocycles. The van der Waals surface area contributed by atoms with Gasteiger partial charge in [0, 0.05) is 35.1 Å². The number of anilines is 1. The molecule has 0 aliphatic carbocycles. The van der Waals surface area contributed by atoms with E-state index in [4.69, 9.17) is 4.74 Å². The molecule has 2 aliphatic rings. The van der Waals surface area contributed by atoms with Crippen LogP contribution in [0.15, 0.2) is 106 Å². The minimum absolute atomic E-state index is 0.0312. The van der Waals surface area contributed by atoms with E-state index in [2.05, 4.69) is 64.7 Å². The zero-order chi connectivity index (χ0) is 32.1. The first kappa shape index (κ1) is 32.7. The van der Waals surface area contributed by atoms with E-state index in [9.17, 15) is 15.8 Å². The Labute approximate surface area is 267 Å². The first-order valence-corrected chi connectivity index (χ1v) is 15.7. The Morgan fingerprint density at radius 2 is 1.58 bits per heavy atom. The number of para-hydroxylation sites is 1. The number of nitrogens with zero attached hydrogens (tertiary/aromatic N) is 6. The molecule has 0 atom stereocenters. The summed E-state index contributed by atoms with van der Waals surface area (Å²) in [6.45, 7) is 6.87. The van der Waals surface area contributed by atoms with Gasteiger partial charge in [-0.1, -0.05) is 94.4 Å². The van der Waals surface area contributed by atoms with Crippen molar-refractivity contribution in [3.8, 4) is 18.2 Å². The molecule has 45 heavy (non-hydrogen) atoms. The Kier molecular flexibility index (Phi) is 11.7. The summed E-state index contributed by atoms with van der Waals surface area (Å²) in [5, 5.41) is 37.0. The van der Waals surface area contributed by atoms with E-state index in [-0.39, 0.29) is 16.9 Å². The zero-order valence-corrected chi connectivity index (χ0v) is 26.5. The number of hydrogen-bond donors (Lipinski definition) is 0. The van der Waals surface area contributed by atoms with Gasteiger partial charge < -0.3 is 9.64 Å². The molecule has 0 saturated carbocycles. The van der Waals surface area contributed by atoms with E-state index in [1.54, 1.807) is 26.1 Å². The average Bonchev–Trinajstić information content (AvgIpc) is 3.31. The van der Waals surface area contributed by atoms with Crippen molar-refractivity contribution in [2.75, 3.05) is 11.4 Å². The second kappa shape index (κ2) is 16.0. The summed E-state index contributed by atoms with van der Waals surface area (Å²) in [6.07, 6.45) is 20.2. The maximum absolute atomic E-state index is 9.73. The molecular weight excluding hydrogens is 556 g/mol. The second-order valence-electron chi connectivity index (χ2n) is 11.7. The number of rotatable bonds is 13. The average molecular weight is 597 g/mol. The van der Waals surface area contributed by atoms with Gasteiger partial charge in [-0.25, -0.2) is 0 Å². The number of hydrogen-bond acceptors (Lipinski definition) is 7. The maximum atomic E-state index is 9.73. The fraction of sp³-hybridized carbons (Fsp3) is 0.342. The molecule has 2 heterocycles. The fourth-order valence-corrected chi connectivity index (χ4v) is 5.50. The molecule has 0 bridgehead atoms. The van der Waals surface area contributed by atoms with Crippen molar-refractivity contribution in [3.63, 3.8) is 0 Å². The minimum atomic E-state index is -0.853. The van der Waals surface area contributed by atoms with Crippen LogP contribution >= 0.6 is 0 Å². The van der Waals surface area contributed by atoms with Gasteiger partial charge in [-0.05, 0) is 50.1 Å². The van der Waals surface area contributed by atoms with Gasteiger partial charge in [0.15, 0.2) is 11.3 Å². The normalized spacial score (nSPS) is 16.1. The van der Waals surface area contributed by atoms with Crippen LogP contribution in [0.1, 0.15) is 83.3 Å². The van der Waals surface area contributed by atoms with E-state index in [0.29, 0.717) is 11.3 Å². The van der Waals surface area contributed by atoms with Crippen LogP contribution in [-0.2, 0) is 4.74 Å². The number of allylic oxidation sites excluding steroid dienone is 4. The van der Waals surface area contributed by atoms with Crippen molar-refractivity contribution in [1.29, 1.82) is 15.8 Å². The summed E-state index contributed by atoms with van der Waals surface area (Å²) in [6, 6.07) is 21.7. The van der Waals surface area contributed by atoms with E-state index >= 15 is 0 Å². The highest BCUT2D eigenvalue weighted by Gasteiger charge is 2.38. The van der Waals surface area contributed by atoms with Crippen LogP contribution in [0.25, 0.3) is 11.6 Å². The molecule has 0 N–H and O–H groups in total. The third-order valence-corrected chi connectivity index (χ3v) is 7.98. The van der Waals surface area contributed by atoms with Crippen molar-refractivity contribution in [2.24, 2.45) is 10.2 Å². The minimum Gasteiger partial charge on any atom is -0.480 e. The Morgan fingerprint density at radius 1 is 0.889 bits per heavy atom. The maximum Gasteiger partial charge on any atom is 0.172 e. The van der Waals surface area contributed by atoms with Gasteiger partial charge in [0.1, 0.15) is 29.4 Å². The number of unbranched alkanes of at least 4 members (excludes halogenated alkanes) is 7. The van der Waals surface area contributed by atoms with Crippen molar-refractivity contribution in [1.82, 2.24) is 0 Å². The summed E-state index contributed by atoms with van der Waals surface area (Å²) >= 11 is 0. The molecule has 4 rings (SSSR count). The predicted octanol–water partition coefficient (Wildman–Crippen LogP) is 10.2. The highest BCUT2D eigenvalue weighted by molar-refractivity contribution is 5.86. The van der Waals surface area contributed by atoms with Crippen LogP contribution in [0.4, 0.5) is 11.4 Å². The van der Waals surface area contributed by atoms with Crippen LogP contribution in [0.2, 0.25) is 0 Å². The van der Waals surface area contributed by atoms with Gasteiger partial charge >= 0.3 is 0 Å². The van der Waals surface area contributed by atoms with Crippen LogP contribution in [-0.4, -0.2) is 12.1 Å². The fourth-order valence-electron chi connectivity index (χ4n) is 5.50. The van der Waals surface area contributed by atoms with Gasteiger partial charge in [0.2, 0.25) is 0 Å². The molecule has 0 fully saturated rings. The predicted molar refractivity (Wildman–Crippen MR) is 180 cm³/mol. The third-order valence-electron chi connectivity index (χ3n) is 7.98. The van der Waals surface area contributed by atoms with Crippen LogP contribution in [0, 0.1) is 34.0 Å². The van der Waals surface area contributed by atoms with Gasteiger partial charge in [0.25, 0.3) is 0 Å². The molecule has 0 unspecified atom stereocenters. The van der Waals surface area contributed by atoms with Crippen LogP contribution < -0.4 is 4.90 Å². The third kappa shape index (κ3) is 8.47. The van der Waals surface area contributed by atoms with Crippen LogP contribution in [0.3, 0.4) is 0 Å². The Bertz CT molecular complexity index is 1650. The summed E-state index contributed by atoms with van der Waals surface area (Å²) in [7, 11) is 0. The van der Waals surface area contributed by atoms with Gasteiger partial charge in [0.05, 0.1) is 11.9 Å². The topological polar surface area (TPSA) is 109 Å². The molecule has 0 amide bonds. The standard InChI is InChI=1S/C38H40N6O/c1-4-5-6-7-8-9-10-13-23-44-24-22-30(33-14-11-12-15-36(33)44)28-42-43-32-19-16-29(17-20-32)18-21-35-34(27-41)37(31(25-39)26-40)45-38(35,2)3/h11-12,14-22,24,28H,4-10,13,23H2,1-3H3/b21-18+,30-28-,43-42?. The van der Waals surface area contributed by atoms with E-state index < -0.39 is 5.60 Å². The molecule has 2 aromatic rings. The summed E-state index contributed by atoms with van der Waals surface area (Å²) < 4.78 is 5.82. The summed E-state index contributed by atoms with van der Waals surface area (Å²) in [4.78, 5) is 2.34.